The van der Waals surface area contributed by atoms with Crippen LogP contribution in [-0.2, 0) is 31.5 Å². The molecule has 0 aliphatic heterocycles. The van der Waals surface area contributed by atoms with Gasteiger partial charge in [-0.3, -0.25) is 9.78 Å². The van der Waals surface area contributed by atoms with Gasteiger partial charge in [-0.15, -0.1) is 35.9 Å². The van der Waals surface area contributed by atoms with E-state index in [9.17, 15) is 4.79 Å². The van der Waals surface area contributed by atoms with Crippen molar-refractivity contribution in [3.8, 4) is 11.3 Å². The molecule has 0 bridgehead atoms. The number of aliphatic hydroxyl groups excluding tert-OH is 2. The van der Waals surface area contributed by atoms with Gasteiger partial charge < -0.3 is 10.2 Å². The molecule has 0 spiro atoms. The number of carbonyl (C=O) groups is 1. The summed E-state index contributed by atoms with van der Waals surface area (Å²) >= 11 is 0. The first kappa shape index (κ1) is 23.5. The molecule has 127 valence electrons. The van der Waals surface area contributed by atoms with Crippen LogP contribution in [0.25, 0.3) is 11.3 Å². The van der Waals surface area contributed by atoms with Crippen molar-refractivity contribution in [2.45, 2.75) is 27.9 Å². The molecule has 0 unspecified atom stereocenters. The number of nitrogens with zero attached hydrogens (tertiary/aromatic N) is 1. The van der Waals surface area contributed by atoms with E-state index >= 15 is 0 Å². The molecule has 0 saturated heterocycles. The molecule has 4 nitrogen and oxygen atoms in total. The average molecular weight is 493 g/mol. The Morgan fingerprint density at radius 1 is 1.22 bits per heavy atom. The third-order valence-electron chi connectivity index (χ3n) is 2.37. The number of hydrogen-bond donors (Lipinski definition) is 2. The molecule has 0 fully saturated rings. The second-order valence-corrected chi connectivity index (χ2v) is 4.34. The zero-order chi connectivity index (χ0) is 15.7. The summed E-state index contributed by atoms with van der Waals surface area (Å²) in [7, 11) is 0. The minimum atomic E-state index is -0.125. The van der Waals surface area contributed by atoms with Gasteiger partial charge in [0.2, 0.25) is 0 Å². The van der Waals surface area contributed by atoms with E-state index in [-0.39, 0.29) is 45.7 Å². The normalized spacial score (nSPS) is 9.61. The fourth-order valence-corrected chi connectivity index (χ4v) is 1.56. The molecular formula is C18H22IrNO3-. The fourth-order valence-electron chi connectivity index (χ4n) is 1.56. The zero-order valence-electron chi connectivity index (χ0n) is 12.4. The molecule has 0 aliphatic rings. The molecule has 5 heteroatoms. The summed E-state index contributed by atoms with van der Waals surface area (Å²) in [6, 6.07) is 16.3. The minimum absolute atomic E-state index is 0. The van der Waals surface area contributed by atoms with Gasteiger partial charge in [-0.1, -0.05) is 19.6 Å². The van der Waals surface area contributed by atoms with Crippen LogP contribution in [0.15, 0.2) is 54.3 Å². The van der Waals surface area contributed by atoms with E-state index in [2.05, 4.69) is 11.1 Å². The van der Waals surface area contributed by atoms with E-state index < -0.39 is 0 Å². The van der Waals surface area contributed by atoms with Gasteiger partial charge in [0.05, 0.1) is 18.1 Å². The van der Waals surface area contributed by atoms with Gasteiger partial charge in [0.25, 0.3) is 0 Å². The summed E-state index contributed by atoms with van der Waals surface area (Å²) in [6.07, 6.45) is 1.17. The van der Waals surface area contributed by atoms with Crippen molar-refractivity contribution < 1.29 is 35.1 Å². The second-order valence-electron chi connectivity index (χ2n) is 4.34. The quantitative estimate of drug-likeness (QED) is 0.389. The maximum Gasteiger partial charge on any atom is 0.155 e. The molecular weight excluding hydrogens is 470 g/mol. The average Bonchev–Trinajstić information content (AvgIpc) is 2.47. The van der Waals surface area contributed by atoms with Gasteiger partial charge >= 0.3 is 0 Å². The third kappa shape index (κ3) is 9.74. The van der Waals surface area contributed by atoms with Crippen molar-refractivity contribution in [1.82, 2.24) is 4.98 Å². The summed E-state index contributed by atoms with van der Waals surface area (Å²) in [6.45, 7) is 2.82. The SMILES string of the molecule is C.CC(=O)C=C(C)O.OCc1cccc(-c2[c-]cccc2)n1.[Ir]. The molecule has 1 heterocycles. The molecule has 23 heavy (non-hydrogen) atoms. The Balaban J connectivity index is 0. The fraction of sp³-hybridized carbons (Fsp3) is 0.222. The maximum absolute atomic E-state index is 10.0. The summed E-state index contributed by atoms with van der Waals surface area (Å²) in [4.78, 5) is 14.3. The van der Waals surface area contributed by atoms with Crippen LogP contribution in [0.4, 0.5) is 0 Å². The van der Waals surface area contributed by atoms with Crippen molar-refractivity contribution in [1.29, 1.82) is 0 Å². The van der Waals surface area contributed by atoms with Crippen LogP contribution in [0.2, 0.25) is 0 Å². The zero-order valence-corrected chi connectivity index (χ0v) is 14.8. The Kier molecular flexibility index (Phi) is 13.0. The van der Waals surface area contributed by atoms with Gasteiger partial charge in [-0.05, 0) is 25.6 Å². The second kappa shape index (κ2) is 12.7. The van der Waals surface area contributed by atoms with Crippen LogP contribution in [0.5, 0.6) is 0 Å². The van der Waals surface area contributed by atoms with E-state index in [0.717, 1.165) is 11.3 Å². The Morgan fingerprint density at radius 3 is 2.35 bits per heavy atom. The molecule has 0 saturated carbocycles. The van der Waals surface area contributed by atoms with Crippen LogP contribution >= 0.6 is 0 Å². The predicted molar refractivity (Wildman–Crippen MR) is 88.2 cm³/mol. The summed E-state index contributed by atoms with van der Waals surface area (Å²) < 4.78 is 0. The number of carbonyl (C=O) groups excluding carboxylic acids is 1. The van der Waals surface area contributed by atoms with E-state index in [1.165, 1.54) is 19.9 Å². The number of rotatable bonds is 3. The molecule has 2 rings (SSSR count). The van der Waals surface area contributed by atoms with Crippen LogP contribution in [0.3, 0.4) is 0 Å². The van der Waals surface area contributed by atoms with Crippen molar-refractivity contribution in [3.05, 3.63) is 66.1 Å². The monoisotopic (exact) mass is 493 g/mol. The molecule has 2 N–H and O–H groups in total. The number of allylic oxidation sites excluding steroid dienone is 2. The summed E-state index contributed by atoms with van der Waals surface area (Å²) in [5.41, 5.74) is 2.47. The van der Waals surface area contributed by atoms with Gasteiger partial charge in [0.1, 0.15) is 0 Å². The van der Waals surface area contributed by atoms with Gasteiger partial charge in [-0.25, -0.2) is 0 Å². The number of ketones is 1. The van der Waals surface area contributed by atoms with E-state index in [1.807, 2.05) is 36.4 Å². The number of aliphatic hydroxyl groups is 2. The molecule has 0 aliphatic carbocycles. The van der Waals surface area contributed by atoms with Crippen molar-refractivity contribution in [2.75, 3.05) is 0 Å². The minimum Gasteiger partial charge on any atom is -0.512 e. The summed E-state index contributed by atoms with van der Waals surface area (Å²) in [5.74, 6) is -0.0625. The van der Waals surface area contributed by atoms with Gasteiger partial charge in [0, 0.05) is 26.2 Å². The molecule has 1 radical (unpaired) electrons. The first-order valence-electron chi connectivity index (χ1n) is 6.44. The smallest absolute Gasteiger partial charge is 0.155 e. The van der Waals surface area contributed by atoms with Crippen LogP contribution in [-0.4, -0.2) is 21.0 Å². The van der Waals surface area contributed by atoms with Crippen LogP contribution in [0.1, 0.15) is 27.0 Å². The number of pyridine rings is 1. The molecule has 0 amide bonds. The predicted octanol–water partition coefficient (Wildman–Crippen LogP) is 3.71. The Morgan fingerprint density at radius 2 is 1.91 bits per heavy atom. The largest absolute Gasteiger partial charge is 0.512 e. The molecule has 2 aromatic rings. The van der Waals surface area contributed by atoms with E-state index in [4.69, 9.17) is 10.2 Å². The first-order chi connectivity index (χ1) is 10.0. The van der Waals surface area contributed by atoms with Crippen molar-refractivity contribution >= 4 is 5.78 Å². The van der Waals surface area contributed by atoms with E-state index in [1.54, 1.807) is 6.07 Å². The number of hydrogen-bond acceptors (Lipinski definition) is 4. The Hall–Kier alpha value is -1.81. The van der Waals surface area contributed by atoms with Crippen molar-refractivity contribution in [2.24, 2.45) is 0 Å². The number of benzene rings is 1. The molecule has 1 aromatic carbocycles. The van der Waals surface area contributed by atoms with Gasteiger partial charge in [0.15, 0.2) is 5.78 Å². The summed E-state index contributed by atoms with van der Waals surface area (Å²) in [5, 5.41) is 17.3. The topological polar surface area (TPSA) is 70.4 Å². The molecule has 0 atom stereocenters. The number of aromatic nitrogens is 1. The van der Waals surface area contributed by atoms with Crippen LogP contribution in [0, 0.1) is 6.07 Å². The molecule has 1 aromatic heterocycles. The van der Waals surface area contributed by atoms with Crippen molar-refractivity contribution in [3.63, 3.8) is 0 Å². The maximum atomic E-state index is 10.0. The van der Waals surface area contributed by atoms with Gasteiger partial charge in [-0.2, -0.15) is 0 Å². The third-order valence-corrected chi connectivity index (χ3v) is 2.37. The Bertz CT molecular complexity index is 609. The van der Waals surface area contributed by atoms with E-state index in [0.29, 0.717) is 5.69 Å². The standard InChI is InChI=1S/C12H10NO.C5H8O2.CH4.Ir/c14-9-11-7-4-8-12(13-11)10-5-2-1-3-6-10;1-4(6)3-5(2)7;;/h1-5,7-8,14H,9H2;3,6H,1-2H3;1H4;/q-1;;;. The Labute approximate surface area is 151 Å². The van der Waals surface area contributed by atoms with Crippen LogP contribution < -0.4 is 0 Å². The first-order valence-corrected chi connectivity index (χ1v) is 6.44.